The summed E-state index contributed by atoms with van der Waals surface area (Å²) in [6.07, 6.45) is -0.214. The van der Waals surface area contributed by atoms with Gasteiger partial charge in [-0.15, -0.1) is 0 Å². The van der Waals surface area contributed by atoms with Crippen LogP contribution in [0, 0.1) is 0 Å². The Bertz CT molecular complexity index is 561. The fraction of sp³-hybridized carbons (Fsp3) is 0.562. The van der Waals surface area contributed by atoms with Gasteiger partial charge >= 0.3 is 0 Å². The third-order valence-electron chi connectivity index (χ3n) is 3.82. The van der Waals surface area contributed by atoms with E-state index in [1.165, 1.54) is 13.8 Å². The quantitative estimate of drug-likeness (QED) is 0.767. The topological polar surface area (TPSA) is 70.6 Å². The van der Waals surface area contributed by atoms with E-state index in [9.17, 15) is 9.90 Å². The number of carbonyl (C=O) groups excluding carboxylic acids is 1. The maximum absolute atomic E-state index is 11.9. The van der Waals surface area contributed by atoms with Crippen LogP contribution < -0.4 is 10.6 Å². The second-order valence-corrected chi connectivity index (χ2v) is 6.98. The molecule has 0 saturated carbocycles. The van der Waals surface area contributed by atoms with Crippen molar-refractivity contribution >= 4 is 29.1 Å². The molecular weight excluding hydrogens is 339 g/mol. The molecule has 1 saturated heterocycles. The number of carbonyl (C=O) groups is 1. The predicted octanol–water partition coefficient (Wildman–Crippen LogP) is 1.95. The van der Waals surface area contributed by atoms with Crippen LogP contribution in [0.3, 0.4) is 0 Å². The van der Waals surface area contributed by atoms with E-state index in [-0.39, 0.29) is 12.0 Å². The van der Waals surface area contributed by atoms with E-state index in [2.05, 4.69) is 10.6 Å². The minimum Gasteiger partial charge on any atom is -0.381 e. The van der Waals surface area contributed by atoms with Crippen molar-refractivity contribution in [3.63, 3.8) is 0 Å². The van der Waals surface area contributed by atoms with E-state index < -0.39 is 11.5 Å². The van der Waals surface area contributed by atoms with Crippen LogP contribution in [0.5, 0.6) is 0 Å². The summed E-state index contributed by atoms with van der Waals surface area (Å²) in [5.41, 5.74) is -0.418. The van der Waals surface area contributed by atoms with Gasteiger partial charge in [-0.2, -0.15) is 0 Å². The molecule has 7 heteroatoms. The van der Waals surface area contributed by atoms with E-state index in [1.54, 1.807) is 6.07 Å². The molecule has 0 radical (unpaired) electrons. The van der Waals surface area contributed by atoms with Gasteiger partial charge in [0.05, 0.1) is 22.8 Å². The summed E-state index contributed by atoms with van der Waals surface area (Å²) >= 11 is 12.1. The molecule has 1 aliphatic rings. The van der Waals surface area contributed by atoms with Gasteiger partial charge in [0.15, 0.2) is 0 Å². The van der Waals surface area contributed by atoms with Crippen LogP contribution in [0.4, 0.5) is 0 Å². The molecular formula is C16H22Cl2N2O3. The number of rotatable bonds is 4. The standard InChI is InChI=1S/C16H22Cl2N2O3/c1-16(2,22)15(21)20-9-14-11(8-19-5-6-23-14)10-3-4-12(17)13(18)7-10/h3-4,7,11,14,19,22H,5-6,8-9H2,1-2H3,(H,20,21)/t11-,14+/m1/s1. The molecule has 2 rings (SSSR count). The van der Waals surface area contributed by atoms with Gasteiger partial charge < -0.3 is 20.5 Å². The molecule has 0 aliphatic carbocycles. The van der Waals surface area contributed by atoms with Gasteiger partial charge in [0.25, 0.3) is 5.91 Å². The number of hydrogen-bond donors (Lipinski definition) is 3. The lowest BCUT2D eigenvalue weighted by Crippen LogP contribution is -2.46. The normalized spacial score (nSPS) is 22.5. The van der Waals surface area contributed by atoms with Crippen molar-refractivity contribution in [1.82, 2.24) is 10.6 Å². The first kappa shape index (κ1) is 18.5. The van der Waals surface area contributed by atoms with Gasteiger partial charge in [-0.1, -0.05) is 29.3 Å². The molecule has 1 aromatic rings. The van der Waals surface area contributed by atoms with Crippen molar-refractivity contribution in [2.24, 2.45) is 0 Å². The minimum absolute atomic E-state index is 0.0226. The lowest BCUT2D eigenvalue weighted by atomic mass is 9.93. The Kier molecular flexibility index (Phi) is 6.28. The predicted molar refractivity (Wildman–Crippen MR) is 91.1 cm³/mol. The number of amides is 1. The van der Waals surface area contributed by atoms with Gasteiger partial charge in [0, 0.05) is 25.6 Å². The maximum atomic E-state index is 11.9. The molecule has 1 aromatic carbocycles. The fourth-order valence-electron chi connectivity index (χ4n) is 2.47. The Balaban J connectivity index is 2.13. The summed E-state index contributed by atoms with van der Waals surface area (Å²) in [5.74, 6) is -0.402. The zero-order valence-corrected chi connectivity index (χ0v) is 14.7. The second kappa shape index (κ2) is 7.81. The van der Waals surface area contributed by atoms with Gasteiger partial charge in [-0.05, 0) is 31.5 Å². The molecule has 128 valence electrons. The molecule has 1 heterocycles. The molecule has 1 fully saturated rings. The molecule has 0 spiro atoms. The fourth-order valence-corrected chi connectivity index (χ4v) is 2.78. The molecule has 0 bridgehead atoms. The number of halogens is 2. The Morgan fingerprint density at radius 1 is 1.43 bits per heavy atom. The summed E-state index contributed by atoms with van der Waals surface area (Å²) in [5, 5.41) is 16.8. The van der Waals surface area contributed by atoms with Gasteiger partial charge in [-0.25, -0.2) is 0 Å². The highest BCUT2D eigenvalue weighted by Crippen LogP contribution is 2.29. The number of ether oxygens (including phenoxy) is 1. The van der Waals surface area contributed by atoms with E-state index >= 15 is 0 Å². The first-order valence-corrected chi connectivity index (χ1v) is 8.32. The summed E-state index contributed by atoms with van der Waals surface area (Å²) in [7, 11) is 0. The Morgan fingerprint density at radius 3 is 2.83 bits per heavy atom. The minimum atomic E-state index is -1.41. The van der Waals surface area contributed by atoms with Crippen LogP contribution in [0.25, 0.3) is 0 Å². The molecule has 5 nitrogen and oxygen atoms in total. The van der Waals surface area contributed by atoms with Crippen LogP contribution in [0.2, 0.25) is 10.0 Å². The molecule has 23 heavy (non-hydrogen) atoms. The highest BCUT2D eigenvalue weighted by Gasteiger charge is 2.29. The lowest BCUT2D eigenvalue weighted by Gasteiger charge is -2.27. The Labute approximate surface area is 146 Å². The van der Waals surface area contributed by atoms with E-state index in [0.717, 1.165) is 12.1 Å². The third-order valence-corrected chi connectivity index (χ3v) is 4.55. The number of benzene rings is 1. The van der Waals surface area contributed by atoms with Crippen molar-refractivity contribution < 1.29 is 14.6 Å². The van der Waals surface area contributed by atoms with Crippen LogP contribution >= 0.6 is 23.2 Å². The average molecular weight is 361 g/mol. The Morgan fingerprint density at radius 2 is 2.17 bits per heavy atom. The van der Waals surface area contributed by atoms with Crippen LogP contribution in [-0.2, 0) is 9.53 Å². The smallest absolute Gasteiger partial charge is 0.251 e. The SMILES string of the molecule is CC(C)(O)C(=O)NC[C@@H]1OCCNC[C@@H]1c1ccc(Cl)c(Cl)c1. The largest absolute Gasteiger partial charge is 0.381 e. The molecule has 3 N–H and O–H groups in total. The maximum Gasteiger partial charge on any atom is 0.251 e. The zero-order valence-electron chi connectivity index (χ0n) is 13.2. The highest BCUT2D eigenvalue weighted by atomic mass is 35.5. The third kappa shape index (κ3) is 5.06. The molecule has 0 unspecified atom stereocenters. The van der Waals surface area contributed by atoms with Gasteiger partial charge in [-0.3, -0.25) is 4.79 Å². The molecule has 1 aliphatic heterocycles. The highest BCUT2D eigenvalue weighted by molar-refractivity contribution is 6.42. The summed E-state index contributed by atoms with van der Waals surface area (Å²) in [6, 6.07) is 5.51. The van der Waals surface area contributed by atoms with E-state index in [0.29, 0.717) is 29.7 Å². The van der Waals surface area contributed by atoms with Crippen LogP contribution in [0.1, 0.15) is 25.3 Å². The second-order valence-electron chi connectivity index (χ2n) is 6.16. The summed E-state index contributed by atoms with van der Waals surface area (Å²) < 4.78 is 5.87. The van der Waals surface area contributed by atoms with E-state index in [1.807, 2.05) is 12.1 Å². The molecule has 2 atom stereocenters. The Hall–Kier alpha value is -0.850. The zero-order chi connectivity index (χ0) is 17.0. The van der Waals surface area contributed by atoms with Crippen molar-refractivity contribution in [2.45, 2.75) is 31.5 Å². The van der Waals surface area contributed by atoms with Crippen molar-refractivity contribution in [1.29, 1.82) is 0 Å². The number of nitrogens with one attached hydrogen (secondary N) is 2. The van der Waals surface area contributed by atoms with Crippen LogP contribution in [-0.4, -0.2) is 49.0 Å². The van der Waals surface area contributed by atoms with Crippen molar-refractivity contribution in [3.05, 3.63) is 33.8 Å². The molecule has 1 amide bonds. The summed E-state index contributed by atoms with van der Waals surface area (Å²) in [6.45, 7) is 5.23. The van der Waals surface area contributed by atoms with Crippen molar-refractivity contribution in [3.8, 4) is 0 Å². The first-order valence-electron chi connectivity index (χ1n) is 7.57. The monoisotopic (exact) mass is 360 g/mol. The van der Waals surface area contributed by atoms with Crippen molar-refractivity contribution in [2.75, 3.05) is 26.2 Å². The van der Waals surface area contributed by atoms with Gasteiger partial charge in [0.2, 0.25) is 0 Å². The van der Waals surface area contributed by atoms with E-state index in [4.69, 9.17) is 27.9 Å². The molecule has 0 aromatic heterocycles. The average Bonchev–Trinajstić information content (AvgIpc) is 2.72. The number of aliphatic hydroxyl groups is 1. The lowest BCUT2D eigenvalue weighted by molar-refractivity contribution is -0.137. The number of hydrogen-bond acceptors (Lipinski definition) is 4. The first-order chi connectivity index (χ1) is 10.8. The summed E-state index contributed by atoms with van der Waals surface area (Å²) in [4.78, 5) is 11.9. The van der Waals surface area contributed by atoms with Crippen LogP contribution in [0.15, 0.2) is 18.2 Å². The van der Waals surface area contributed by atoms with Gasteiger partial charge in [0.1, 0.15) is 5.60 Å².